The molecule has 1 aromatic rings. The van der Waals surface area contributed by atoms with Crippen molar-refractivity contribution in [2.24, 2.45) is 5.92 Å². The van der Waals surface area contributed by atoms with E-state index >= 15 is 0 Å². The van der Waals surface area contributed by atoms with Gasteiger partial charge in [-0.25, -0.2) is 0 Å². The summed E-state index contributed by atoms with van der Waals surface area (Å²) >= 11 is 5.81. The van der Waals surface area contributed by atoms with E-state index in [0.717, 1.165) is 12.0 Å². The monoisotopic (exact) mass is 283 g/mol. The quantitative estimate of drug-likeness (QED) is 0.872. The number of nitrogens with zero attached hydrogens (tertiary/aromatic N) is 1. The second-order valence-corrected chi connectivity index (χ2v) is 5.22. The van der Waals surface area contributed by atoms with Crippen molar-refractivity contribution in [1.29, 1.82) is 0 Å². The topological polar surface area (TPSA) is 57.6 Å². The van der Waals surface area contributed by atoms with Gasteiger partial charge >= 0.3 is 5.97 Å². The third-order valence-corrected chi connectivity index (χ3v) is 3.07. The molecule has 1 rings (SSSR count). The number of rotatable bonds is 6. The first-order chi connectivity index (χ1) is 8.88. The number of hydrogen-bond donors (Lipinski definition) is 1. The average Bonchev–Trinajstić information content (AvgIpc) is 2.31. The molecule has 1 aromatic carbocycles. The molecule has 5 heteroatoms. The third-order valence-electron chi connectivity index (χ3n) is 2.82. The van der Waals surface area contributed by atoms with Gasteiger partial charge in [-0.05, 0) is 30.0 Å². The summed E-state index contributed by atoms with van der Waals surface area (Å²) in [6.45, 7) is 1.72. The minimum atomic E-state index is -0.999. The molecule has 0 spiro atoms. The molecule has 1 amide bonds. The minimum Gasteiger partial charge on any atom is -0.480 e. The van der Waals surface area contributed by atoms with Gasteiger partial charge in [0.05, 0.1) is 0 Å². The first-order valence-corrected chi connectivity index (χ1v) is 6.46. The Bertz CT molecular complexity index is 445. The molecule has 0 aliphatic heterocycles. The first kappa shape index (κ1) is 15.5. The molecule has 1 unspecified atom stereocenters. The summed E-state index contributed by atoms with van der Waals surface area (Å²) in [5.74, 6) is -0.991. The van der Waals surface area contributed by atoms with Gasteiger partial charge in [0.15, 0.2) is 0 Å². The molecule has 0 aliphatic carbocycles. The highest BCUT2D eigenvalue weighted by Gasteiger charge is 2.15. The Kier molecular flexibility index (Phi) is 5.83. The number of benzene rings is 1. The highest BCUT2D eigenvalue weighted by atomic mass is 35.5. The predicted molar refractivity (Wildman–Crippen MR) is 74.2 cm³/mol. The Hall–Kier alpha value is -1.55. The summed E-state index contributed by atoms with van der Waals surface area (Å²) in [6, 6.07) is 7.51. The van der Waals surface area contributed by atoms with E-state index in [-0.39, 0.29) is 18.4 Å². The van der Waals surface area contributed by atoms with E-state index in [1.165, 1.54) is 11.9 Å². The smallest absolute Gasteiger partial charge is 0.323 e. The van der Waals surface area contributed by atoms with Crippen LogP contribution >= 0.6 is 11.6 Å². The molecule has 0 fully saturated rings. The number of carbonyl (C=O) groups excluding carboxylic acids is 1. The number of carbonyl (C=O) groups is 2. The zero-order valence-corrected chi connectivity index (χ0v) is 11.9. The largest absolute Gasteiger partial charge is 0.480 e. The normalized spacial score (nSPS) is 11.9. The van der Waals surface area contributed by atoms with Crippen LogP contribution in [0.2, 0.25) is 5.02 Å². The predicted octanol–water partition coefficient (Wildman–Crippen LogP) is 2.45. The fraction of sp³-hybridized carbons (Fsp3) is 0.429. The maximum atomic E-state index is 11.8. The van der Waals surface area contributed by atoms with Crippen molar-refractivity contribution >= 4 is 23.5 Å². The number of aliphatic carboxylic acids is 1. The Morgan fingerprint density at radius 2 is 1.89 bits per heavy atom. The van der Waals surface area contributed by atoms with Crippen LogP contribution in [0.1, 0.15) is 18.9 Å². The molecule has 0 saturated heterocycles. The summed E-state index contributed by atoms with van der Waals surface area (Å²) in [4.78, 5) is 23.5. The van der Waals surface area contributed by atoms with E-state index in [9.17, 15) is 9.59 Å². The van der Waals surface area contributed by atoms with Crippen LogP contribution < -0.4 is 0 Å². The second-order valence-electron chi connectivity index (χ2n) is 4.78. The lowest BCUT2D eigenvalue weighted by Gasteiger charge is -2.17. The fourth-order valence-corrected chi connectivity index (χ4v) is 1.97. The van der Waals surface area contributed by atoms with E-state index in [1.807, 2.05) is 31.2 Å². The van der Waals surface area contributed by atoms with Gasteiger partial charge < -0.3 is 10.0 Å². The first-order valence-electron chi connectivity index (χ1n) is 6.08. The zero-order valence-electron chi connectivity index (χ0n) is 11.1. The van der Waals surface area contributed by atoms with E-state index in [4.69, 9.17) is 16.7 Å². The van der Waals surface area contributed by atoms with Gasteiger partial charge in [0, 0.05) is 18.5 Å². The van der Waals surface area contributed by atoms with Crippen molar-refractivity contribution in [2.45, 2.75) is 19.8 Å². The summed E-state index contributed by atoms with van der Waals surface area (Å²) in [5, 5.41) is 9.31. The number of likely N-dealkylation sites (N-methyl/N-ethyl adjacent to an activating group) is 1. The lowest BCUT2D eigenvalue weighted by Crippen LogP contribution is -2.33. The molecule has 1 N–H and O–H groups in total. The van der Waals surface area contributed by atoms with Crippen LogP contribution in [-0.4, -0.2) is 35.5 Å². The molecule has 0 aromatic heterocycles. The molecule has 0 heterocycles. The fourth-order valence-electron chi connectivity index (χ4n) is 1.84. The van der Waals surface area contributed by atoms with Crippen LogP contribution in [0.5, 0.6) is 0 Å². The number of carboxylic acid groups (broad SMARTS) is 1. The molecule has 0 bridgehead atoms. The lowest BCUT2D eigenvalue weighted by molar-refractivity contribution is -0.143. The standard InChI is InChI=1S/C14H18ClNO3/c1-10(7-11-3-5-12(15)6-4-11)8-13(17)16(2)9-14(18)19/h3-6,10H,7-9H2,1-2H3,(H,18,19). The van der Waals surface area contributed by atoms with E-state index in [1.54, 1.807) is 0 Å². The number of carboxylic acids is 1. The van der Waals surface area contributed by atoms with E-state index < -0.39 is 5.97 Å². The van der Waals surface area contributed by atoms with Crippen molar-refractivity contribution < 1.29 is 14.7 Å². The Morgan fingerprint density at radius 3 is 2.42 bits per heavy atom. The number of halogens is 1. The molecular formula is C14H18ClNO3. The molecule has 0 saturated carbocycles. The van der Waals surface area contributed by atoms with E-state index in [0.29, 0.717) is 11.4 Å². The van der Waals surface area contributed by atoms with Gasteiger partial charge in [-0.3, -0.25) is 9.59 Å². The molecular weight excluding hydrogens is 266 g/mol. The van der Waals surface area contributed by atoms with Crippen LogP contribution in [-0.2, 0) is 16.0 Å². The Balaban J connectivity index is 2.46. The van der Waals surface area contributed by atoms with Crippen LogP contribution in [0.25, 0.3) is 0 Å². The lowest BCUT2D eigenvalue weighted by atomic mass is 9.97. The Labute approximate surface area is 118 Å². The molecule has 1 atom stereocenters. The van der Waals surface area contributed by atoms with Crippen LogP contribution in [0.4, 0.5) is 0 Å². The van der Waals surface area contributed by atoms with Crippen molar-refractivity contribution in [3.8, 4) is 0 Å². The van der Waals surface area contributed by atoms with E-state index in [2.05, 4.69) is 0 Å². The van der Waals surface area contributed by atoms with Gasteiger partial charge in [0.25, 0.3) is 0 Å². The van der Waals surface area contributed by atoms with Crippen molar-refractivity contribution in [2.75, 3.05) is 13.6 Å². The Morgan fingerprint density at radius 1 is 1.32 bits per heavy atom. The molecule has 19 heavy (non-hydrogen) atoms. The van der Waals surface area contributed by atoms with Gasteiger partial charge in [0.2, 0.25) is 5.91 Å². The maximum absolute atomic E-state index is 11.8. The summed E-state index contributed by atoms with van der Waals surface area (Å²) < 4.78 is 0. The second kappa shape index (κ2) is 7.14. The number of hydrogen-bond acceptors (Lipinski definition) is 2. The minimum absolute atomic E-state index is 0.149. The summed E-state index contributed by atoms with van der Waals surface area (Å²) in [6.07, 6.45) is 1.11. The van der Waals surface area contributed by atoms with Gasteiger partial charge in [0.1, 0.15) is 6.54 Å². The van der Waals surface area contributed by atoms with Crippen LogP contribution in [0, 0.1) is 5.92 Å². The van der Waals surface area contributed by atoms with Gasteiger partial charge in [-0.15, -0.1) is 0 Å². The van der Waals surface area contributed by atoms with Crippen molar-refractivity contribution in [3.63, 3.8) is 0 Å². The molecule has 4 nitrogen and oxygen atoms in total. The molecule has 0 radical (unpaired) electrons. The van der Waals surface area contributed by atoms with Crippen LogP contribution in [0.3, 0.4) is 0 Å². The highest BCUT2D eigenvalue weighted by molar-refractivity contribution is 6.30. The maximum Gasteiger partial charge on any atom is 0.323 e. The highest BCUT2D eigenvalue weighted by Crippen LogP contribution is 2.15. The summed E-state index contributed by atoms with van der Waals surface area (Å²) in [7, 11) is 1.51. The van der Waals surface area contributed by atoms with Crippen molar-refractivity contribution in [1.82, 2.24) is 4.90 Å². The van der Waals surface area contributed by atoms with Crippen LogP contribution in [0.15, 0.2) is 24.3 Å². The van der Waals surface area contributed by atoms with Gasteiger partial charge in [-0.2, -0.15) is 0 Å². The SMILES string of the molecule is CC(CC(=O)N(C)CC(=O)O)Cc1ccc(Cl)cc1. The third kappa shape index (κ3) is 5.75. The average molecular weight is 284 g/mol. The molecule has 104 valence electrons. The summed E-state index contributed by atoms with van der Waals surface area (Å²) in [5.41, 5.74) is 1.12. The van der Waals surface area contributed by atoms with Gasteiger partial charge in [-0.1, -0.05) is 30.7 Å². The zero-order chi connectivity index (χ0) is 14.4. The van der Waals surface area contributed by atoms with Crippen molar-refractivity contribution in [3.05, 3.63) is 34.9 Å². The number of amides is 1. The molecule has 0 aliphatic rings.